The van der Waals surface area contributed by atoms with Gasteiger partial charge in [0.05, 0.1) is 17.4 Å². The zero-order chi connectivity index (χ0) is 15.1. The number of pyridine rings is 1. The van der Waals surface area contributed by atoms with Crippen LogP contribution in [-0.4, -0.2) is 33.8 Å². The number of amides is 1. The lowest BCUT2D eigenvalue weighted by molar-refractivity contribution is -0.142. The second kappa shape index (κ2) is 8.02. The number of hydrogen-bond acceptors (Lipinski definition) is 4. The predicted molar refractivity (Wildman–Crippen MR) is 81.9 cm³/mol. The Morgan fingerprint density at radius 1 is 1.29 bits per heavy atom. The van der Waals surface area contributed by atoms with Gasteiger partial charge in [-0.05, 0) is 37.8 Å². The summed E-state index contributed by atoms with van der Waals surface area (Å²) in [7, 11) is 0. The minimum absolute atomic E-state index is 0.0229. The fraction of sp³-hybridized carbons (Fsp3) is 0.533. The summed E-state index contributed by atoms with van der Waals surface area (Å²) in [6, 6.07) is 5.87. The third-order valence-corrected chi connectivity index (χ3v) is 4.62. The molecule has 1 amide bonds. The van der Waals surface area contributed by atoms with Gasteiger partial charge in [-0.15, -0.1) is 11.8 Å². The Balaban J connectivity index is 1.63. The van der Waals surface area contributed by atoms with E-state index in [4.69, 9.17) is 5.11 Å². The van der Waals surface area contributed by atoms with E-state index in [9.17, 15) is 9.59 Å². The molecular formula is C15H20N2O3S. The standard InChI is InChI=1S/C15H20N2O3S/c18-14(10-21-9-13-3-1-2-8-16-13)17-12-6-4-11(5-7-12)15(19)20/h1-3,8,11-12H,4-7,9-10H2,(H,17,18)(H,19,20). The molecule has 0 aromatic carbocycles. The predicted octanol–water partition coefficient (Wildman–Crippen LogP) is 2.07. The third-order valence-electron chi connectivity index (χ3n) is 3.65. The van der Waals surface area contributed by atoms with E-state index in [0.29, 0.717) is 18.6 Å². The summed E-state index contributed by atoms with van der Waals surface area (Å²) >= 11 is 1.54. The zero-order valence-corrected chi connectivity index (χ0v) is 12.6. The molecule has 1 aromatic rings. The second-order valence-electron chi connectivity index (χ2n) is 5.27. The smallest absolute Gasteiger partial charge is 0.306 e. The minimum Gasteiger partial charge on any atom is -0.481 e. The Morgan fingerprint density at radius 2 is 2.05 bits per heavy atom. The maximum atomic E-state index is 11.8. The lowest BCUT2D eigenvalue weighted by atomic mass is 9.86. The van der Waals surface area contributed by atoms with Gasteiger partial charge < -0.3 is 10.4 Å². The Bertz CT molecular complexity index is 473. The quantitative estimate of drug-likeness (QED) is 0.841. The summed E-state index contributed by atoms with van der Waals surface area (Å²) in [4.78, 5) is 26.9. The van der Waals surface area contributed by atoms with E-state index in [1.54, 1.807) is 6.20 Å². The van der Waals surface area contributed by atoms with E-state index >= 15 is 0 Å². The first-order valence-corrected chi connectivity index (χ1v) is 8.30. The molecule has 1 aromatic heterocycles. The Morgan fingerprint density at radius 3 is 2.67 bits per heavy atom. The molecule has 114 valence electrons. The van der Waals surface area contributed by atoms with Crippen LogP contribution in [0.1, 0.15) is 31.4 Å². The van der Waals surface area contributed by atoms with Gasteiger partial charge in [-0.2, -0.15) is 0 Å². The molecule has 1 aliphatic carbocycles. The van der Waals surface area contributed by atoms with Crippen LogP contribution in [0.4, 0.5) is 0 Å². The number of aromatic nitrogens is 1. The van der Waals surface area contributed by atoms with Crippen molar-refractivity contribution in [3.05, 3.63) is 30.1 Å². The number of nitrogens with zero attached hydrogens (tertiary/aromatic N) is 1. The van der Waals surface area contributed by atoms with Crippen molar-refractivity contribution in [1.29, 1.82) is 0 Å². The number of carboxylic acids is 1. The van der Waals surface area contributed by atoms with Crippen LogP contribution in [0, 0.1) is 5.92 Å². The van der Waals surface area contributed by atoms with Crippen molar-refractivity contribution in [2.75, 3.05) is 5.75 Å². The third kappa shape index (κ3) is 5.38. The Hall–Kier alpha value is -1.56. The molecule has 2 N–H and O–H groups in total. The van der Waals surface area contributed by atoms with Crippen LogP contribution in [0.2, 0.25) is 0 Å². The molecule has 1 aliphatic rings. The molecule has 0 spiro atoms. The molecule has 0 saturated heterocycles. The van der Waals surface area contributed by atoms with Crippen LogP contribution < -0.4 is 5.32 Å². The molecule has 6 heteroatoms. The van der Waals surface area contributed by atoms with Gasteiger partial charge in [-0.25, -0.2) is 0 Å². The van der Waals surface area contributed by atoms with Crippen LogP contribution in [-0.2, 0) is 15.3 Å². The number of carboxylic acid groups (broad SMARTS) is 1. The van der Waals surface area contributed by atoms with E-state index in [-0.39, 0.29) is 17.9 Å². The highest BCUT2D eigenvalue weighted by molar-refractivity contribution is 7.99. The fourth-order valence-corrected chi connectivity index (χ4v) is 3.24. The lowest BCUT2D eigenvalue weighted by Gasteiger charge is -2.26. The number of rotatable bonds is 6. The van der Waals surface area contributed by atoms with E-state index < -0.39 is 5.97 Å². The monoisotopic (exact) mass is 308 g/mol. The lowest BCUT2D eigenvalue weighted by Crippen LogP contribution is -2.39. The fourth-order valence-electron chi connectivity index (χ4n) is 2.49. The molecule has 0 aliphatic heterocycles. The molecular weight excluding hydrogens is 288 g/mol. The van der Waals surface area contributed by atoms with Gasteiger partial charge in [0.15, 0.2) is 0 Å². The van der Waals surface area contributed by atoms with Crippen LogP contribution in [0.5, 0.6) is 0 Å². The van der Waals surface area contributed by atoms with Gasteiger partial charge in [-0.3, -0.25) is 14.6 Å². The van der Waals surface area contributed by atoms with Crippen molar-refractivity contribution < 1.29 is 14.7 Å². The minimum atomic E-state index is -0.717. The normalized spacial score (nSPS) is 21.7. The molecule has 0 unspecified atom stereocenters. The first-order chi connectivity index (χ1) is 10.1. The molecule has 1 saturated carbocycles. The molecule has 0 bridgehead atoms. The van der Waals surface area contributed by atoms with Crippen LogP contribution in [0.15, 0.2) is 24.4 Å². The highest BCUT2D eigenvalue weighted by atomic mass is 32.2. The van der Waals surface area contributed by atoms with Crippen molar-refractivity contribution in [1.82, 2.24) is 10.3 Å². The van der Waals surface area contributed by atoms with Gasteiger partial charge in [0, 0.05) is 18.0 Å². The maximum Gasteiger partial charge on any atom is 0.306 e. The molecule has 1 fully saturated rings. The van der Waals surface area contributed by atoms with Gasteiger partial charge >= 0.3 is 5.97 Å². The van der Waals surface area contributed by atoms with E-state index in [0.717, 1.165) is 24.3 Å². The van der Waals surface area contributed by atoms with E-state index in [1.807, 2.05) is 18.2 Å². The average molecular weight is 308 g/mol. The highest BCUT2D eigenvalue weighted by Gasteiger charge is 2.26. The number of nitrogens with one attached hydrogen (secondary N) is 1. The van der Waals surface area contributed by atoms with Gasteiger partial charge in [0.25, 0.3) is 0 Å². The molecule has 2 rings (SSSR count). The van der Waals surface area contributed by atoms with Gasteiger partial charge in [0.1, 0.15) is 0 Å². The molecule has 21 heavy (non-hydrogen) atoms. The van der Waals surface area contributed by atoms with Crippen LogP contribution in [0.3, 0.4) is 0 Å². The first kappa shape index (κ1) is 15.8. The van der Waals surface area contributed by atoms with E-state index in [2.05, 4.69) is 10.3 Å². The number of carbonyl (C=O) groups is 2. The highest BCUT2D eigenvalue weighted by Crippen LogP contribution is 2.24. The first-order valence-electron chi connectivity index (χ1n) is 7.15. The summed E-state index contributed by atoms with van der Waals surface area (Å²) in [6.07, 6.45) is 4.57. The molecule has 0 atom stereocenters. The SMILES string of the molecule is O=C(CSCc1ccccn1)NC1CCC(C(=O)O)CC1. The van der Waals surface area contributed by atoms with Crippen molar-refractivity contribution in [3.63, 3.8) is 0 Å². The van der Waals surface area contributed by atoms with Gasteiger partial charge in [0.2, 0.25) is 5.91 Å². The topological polar surface area (TPSA) is 79.3 Å². The summed E-state index contributed by atoms with van der Waals surface area (Å²) in [5.41, 5.74) is 0.970. The molecule has 5 nitrogen and oxygen atoms in total. The zero-order valence-electron chi connectivity index (χ0n) is 11.8. The Kier molecular flexibility index (Phi) is 6.04. The molecule has 1 heterocycles. The largest absolute Gasteiger partial charge is 0.481 e. The summed E-state index contributed by atoms with van der Waals surface area (Å²) in [5, 5.41) is 11.9. The number of hydrogen-bond donors (Lipinski definition) is 2. The van der Waals surface area contributed by atoms with Crippen LogP contribution in [0.25, 0.3) is 0 Å². The average Bonchev–Trinajstić information content (AvgIpc) is 2.49. The van der Waals surface area contributed by atoms with E-state index in [1.165, 1.54) is 11.8 Å². The second-order valence-corrected chi connectivity index (χ2v) is 6.25. The summed E-state index contributed by atoms with van der Waals surface area (Å²) in [6.45, 7) is 0. The van der Waals surface area contributed by atoms with Crippen molar-refractivity contribution in [2.45, 2.75) is 37.5 Å². The summed E-state index contributed by atoms with van der Waals surface area (Å²) < 4.78 is 0. The summed E-state index contributed by atoms with van der Waals surface area (Å²) in [5.74, 6) is 0.201. The number of carbonyl (C=O) groups excluding carboxylic acids is 1. The maximum absolute atomic E-state index is 11.8. The van der Waals surface area contributed by atoms with Crippen molar-refractivity contribution in [2.24, 2.45) is 5.92 Å². The van der Waals surface area contributed by atoms with Crippen molar-refractivity contribution in [3.8, 4) is 0 Å². The molecule has 0 radical (unpaired) electrons. The number of thioether (sulfide) groups is 1. The Labute approximate surface area is 128 Å². The number of aliphatic carboxylic acids is 1. The van der Waals surface area contributed by atoms with Gasteiger partial charge in [-0.1, -0.05) is 6.07 Å². The van der Waals surface area contributed by atoms with Crippen LogP contribution >= 0.6 is 11.8 Å². The van der Waals surface area contributed by atoms with Crippen molar-refractivity contribution >= 4 is 23.6 Å².